The van der Waals surface area contributed by atoms with Gasteiger partial charge in [-0.2, -0.15) is 0 Å². The lowest BCUT2D eigenvalue weighted by Crippen LogP contribution is -2.31. The summed E-state index contributed by atoms with van der Waals surface area (Å²) in [5.41, 5.74) is 1.27. The number of hydrogen-bond donors (Lipinski definition) is 2. The minimum atomic E-state index is -3.57. The predicted octanol–water partition coefficient (Wildman–Crippen LogP) is 3.43. The van der Waals surface area contributed by atoms with E-state index >= 15 is 0 Å². The molecule has 156 valence electrons. The number of sulfonamides is 1. The van der Waals surface area contributed by atoms with Gasteiger partial charge in [0.25, 0.3) is 0 Å². The zero-order valence-corrected chi connectivity index (χ0v) is 17.7. The molecule has 1 amide bonds. The van der Waals surface area contributed by atoms with E-state index in [0.717, 1.165) is 5.56 Å². The third-order valence-corrected chi connectivity index (χ3v) is 5.84. The molecule has 0 saturated heterocycles. The van der Waals surface area contributed by atoms with E-state index in [1.165, 1.54) is 18.2 Å². The molecular formula is C21H26N2O5S. The zero-order valence-electron chi connectivity index (χ0n) is 16.9. The van der Waals surface area contributed by atoms with Crippen molar-refractivity contribution in [3.8, 4) is 11.5 Å². The maximum absolute atomic E-state index is 12.3. The van der Waals surface area contributed by atoms with Crippen molar-refractivity contribution in [1.29, 1.82) is 0 Å². The quantitative estimate of drug-likeness (QED) is 0.609. The molecule has 29 heavy (non-hydrogen) atoms. The van der Waals surface area contributed by atoms with Crippen LogP contribution < -0.4 is 19.5 Å². The Morgan fingerprint density at radius 2 is 1.72 bits per heavy atom. The number of nitrogens with one attached hydrogen (secondary N) is 2. The molecule has 0 aliphatic carbocycles. The fraction of sp³-hybridized carbons (Fsp3) is 0.286. The molecule has 7 nitrogen and oxygen atoms in total. The van der Waals surface area contributed by atoms with Crippen LogP contribution in [0.25, 0.3) is 6.08 Å². The molecular weight excluding hydrogens is 392 g/mol. The van der Waals surface area contributed by atoms with Gasteiger partial charge in [0.2, 0.25) is 15.9 Å². The highest BCUT2D eigenvalue weighted by molar-refractivity contribution is 7.89. The summed E-state index contributed by atoms with van der Waals surface area (Å²) >= 11 is 0. The van der Waals surface area contributed by atoms with Gasteiger partial charge in [-0.1, -0.05) is 13.0 Å². The number of carbonyl (C=O) groups excluding carboxylic acids is 1. The molecule has 2 aromatic carbocycles. The zero-order chi connectivity index (χ0) is 21.4. The number of ether oxygens (including phenoxy) is 2. The summed E-state index contributed by atoms with van der Waals surface area (Å²) in [5.74, 6) is 0.831. The van der Waals surface area contributed by atoms with E-state index in [0.29, 0.717) is 23.6 Å². The van der Waals surface area contributed by atoms with Crippen LogP contribution in [0.3, 0.4) is 0 Å². The second-order valence-electron chi connectivity index (χ2n) is 6.39. The predicted molar refractivity (Wildman–Crippen MR) is 114 cm³/mol. The number of rotatable bonds is 9. The Bertz CT molecular complexity index is 969. The normalized spacial score (nSPS) is 12.6. The van der Waals surface area contributed by atoms with Crippen LogP contribution in [-0.2, 0) is 14.8 Å². The minimum Gasteiger partial charge on any atom is -0.493 e. The first-order chi connectivity index (χ1) is 13.8. The van der Waals surface area contributed by atoms with Crippen molar-refractivity contribution in [2.45, 2.75) is 31.2 Å². The Balaban J connectivity index is 2.03. The smallest absolute Gasteiger partial charge is 0.248 e. The van der Waals surface area contributed by atoms with E-state index in [1.54, 1.807) is 57.6 Å². The summed E-state index contributed by atoms with van der Waals surface area (Å²) in [6.07, 6.45) is 3.72. The molecule has 0 aromatic heterocycles. The molecule has 0 spiro atoms. The van der Waals surface area contributed by atoms with E-state index in [-0.39, 0.29) is 16.8 Å². The second-order valence-corrected chi connectivity index (χ2v) is 8.11. The Labute approximate surface area is 171 Å². The van der Waals surface area contributed by atoms with Gasteiger partial charge in [0.1, 0.15) is 0 Å². The van der Waals surface area contributed by atoms with Gasteiger partial charge in [-0.15, -0.1) is 0 Å². The summed E-state index contributed by atoms with van der Waals surface area (Å²) < 4.78 is 37.5. The average Bonchev–Trinajstić information content (AvgIpc) is 2.72. The van der Waals surface area contributed by atoms with Crippen LogP contribution in [0.2, 0.25) is 0 Å². The van der Waals surface area contributed by atoms with Gasteiger partial charge in [-0.3, -0.25) is 4.79 Å². The monoisotopic (exact) mass is 418 g/mol. The van der Waals surface area contributed by atoms with E-state index in [2.05, 4.69) is 10.0 Å². The molecule has 0 unspecified atom stereocenters. The highest BCUT2D eigenvalue weighted by Crippen LogP contribution is 2.28. The lowest BCUT2D eigenvalue weighted by Gasteiger charge is -2.12. The number of benzene rings is 2. The van der Waals surface area contributed by atoms with E-state index < -0.39 is 10.0 Å². The Morgan fingerprint density at radius 3 is 2.31 bits per heavy atom. The second kappa shape index (κ2) is 10.1. The Kier molecular flexibility index (Phi) is 7.81. The highest BCUT2D eigenvalue weighted by atomic mass is 32.2. The van der Waals surface area contributed by atoms with Crippen LogP contribution in [0.5, 0.6) is 11.5 Å². The van der Waals surface area contributed by atoms with Crippen molar-refractivity contribution in [1.82, 2.24) is 4.72 Å². The van der Waals surface area contributed by atoms with Gasteiger partial charge in [-0.05, 0) is 61.4 Å². The van der Waals surface area contributed by atoms with Crippen LogP contribution >= 0.6 is 0 Å². The molecule has 0 aliphatic heterocycles. The molecule has 0 fully saturated rings. The van der Waals surface area contributed by atoms with Crippen molar-refractivity contribution in [3.05, 3.63) is 54.1 Å². The maximum Gasteiger partial charge on any atom is 0.248 e. The molecule has 8 heteroatoms. The van der Waals surface area contributed by atoms with Crippen molar-refractivity contribution >= 4 is 27.7 Å². The van der Waals surface area contributed by atoms with E-state index in [4.69, 9.17) is 9.47 Å². The first kappa shape index (κ1) is 22.4. The summed E-state index contributed by atoms with van der Waals surface area (Å²) in [6.45, 7) is 3.71. The lowest BCUT2D eigenvalue weighted by molar-refractivity contribution is -0.111. The van der Waals surface area contributed by atoms with Gasteiger partial charge in [0.05, 0.1) is 19.1 Å². The van der Waals surface area contributed by atoms with Crippen LogP contribution in [0, 0.1) is 0 Å². The van der Waals surface area contributed by atoms with Crippen LogP contribution in [0.4, 0.5) is 5.69 Å². The van der Waals surface area contributed by atoms with Gasteiger partial charge in [-0.25, -0.2) is 13.1 Å². The topological polar surface area (TPSA) is 93.7 Å². The summed E-state index contributed by atoms with van der Waals surface area (Å²) in [7, 11) is -0.479. The third kappa shape index (κ3) is 6.33. The van der Waals surface area contributed by atoms with Gasteiger partial charge >= 0.3 is 0 Å². The average molecular weight is 419 g/mol. The van der Waals surface area contributed by atoms with Crippen molar-refractivity contribution in [2.75, 3.05) is 19.5 Å². The molecule has 0 radical (unpaired) electrons. The first-order valence-electron chi connectivity index (χ1n) is 9.12. The van der Waals surface area contributed by atoms with Crippen LogP contribution in [-0.4, -0.2) is 34.6 Å². The Hall–Kier alpha value is -2.84. The number of methoxy groups -OCH3 is 2. The fourth-order valence-electron chi connectivity index (χ4n) is 2.45. The third-order valence-electron chi connectivity index (χ3n) is 4.24. The summed E-state index contributed by atoms with van der Waals surface area (Å²) in [5, 5.41) is 2.70. The largest absolute Gasteiger partial charge is 0.493 e. The number of amides is 1. The lowest BCUT2D eigenvalue weighted by atomic mass is 10.2. The number of anilines is 1. The van der Waals surface area contributed by atoms with Crippen molar-refractivity contribution in [2.24, 2.45) is 0 Å². The van der Waals surface area contributed by atoms with E-state index in [1.807, 2.05) is 6.92 Å². The molecule has 1 atom stereocenters. The van der Waals surface area contributed by atoms with Gasteiger partial charge in [0.15, 0.2) is 11.5 Å². The summed E-state index contributed by atoms with van der Waals surface area (Å²) in [4.78, 5) is 12.3. The molecule has 2 rings (SSSR count). The number of hydrogen-bond acceptors (Lipinski definition) is 5. The first-order valence-corrected chi connectivity index (χ1v) is 10.6. The van der Waals surface area contributed by atoms with Crippen LogP contribution in [0.15, 0.2) is 53.4 Å². The van der Waals surface area contributed by atoms with Crippen molar-refractivity contribution < 1.29 is 22.7 Å². The molecule has 0 saturated carbocycles. The SMILES string of the molecule is CC[C@H](C)NS(=O)(=O)c1ccc(NC(=O)/C=C/c2ccc(OC)c(OC)c2)cc1. The molecule has 2 aromatic rings. The van der Waals surface area contributed by atoms with Crippen LogP contribution in [0.1, 0.15) is 25.8 Å². The fourth-order valence-corrected chi connectivity index (χ4v) is 3.77. The van der Waals surface area contributed by atoms with E-state index in [9.17, 15) is 13.2 Å². The van der Waals surface area contributed by atoms with Gasteiger partial charge in [0, 0.05) is 17.8 Å². The minimum absolute atomic E-state index is 0.150. The number of carbonyl (C=O) groups is 1. The summed E-state index contributed by atoms with van der Waals surface area (Å²) in [6, 6.07) is 11.2. The molecule has 2 N–H and O–H groups in total. The molecule has 0 aliphatic rings. The molecule has 0 bridgehead atoms. The highest BCUT2D eigenvalue weighted by Gasteiger charge is 2.16. The Morgan fingerprint density at radius 1 is 1.07 bits per heavy atom. The maximum atomic E-state index is 12.3. The standard InChI is InChI=1S/C21H26N2O5S/c1-5-15(2)23-29(25,26)18-10-8-17(9-11-18)22-21(24)13-7-16-6-12-19(27-3)20(14-16)28-4/h6-15,23H,5H2,1-4H3,(H,22,24)/b13-7+/t15-/m0/s1. The molecule has 0 heterocycles. The van der Waals surface area contributed by atoms with Crippen molar-refractivity contribution in [3.63, 3.8) is 0 Å². The van der Waals surface area contributed by atoms with Gasteiger partial charge < -0.3 is 14.8 Å².